The predicted octanol–water partition coefficient (Wildman–Crippen LogP) is 1.96. The number of oxazole rings is 1. The van der Waals surface area contributed by atoms with Crippen LogP contribution < -0.4 is 11.1 Å². The summed E-state index contributed by atoms with van der Waals surface area (Å²) in [5, 5.41) is 2.85. The van der Waals surface area contributed by atoms with Gasteiger partial charge in [-0.25, -0.2) is 23.0 Å². The number of nitrogens with zero attached hydrogens (tertiary/aromatic N) is 3. The first-order chi connectivity index (χ1) is 15.7. The number of hydrogen-bond acceptors (Lipinski definition) is 9. The number of thiazole rings is 1. The molecule has 1 aliphatic rings. The second-order valence-electron chi connectivity index (χ2n) is 7.48. The maximum Gasteiger partial charge on any atom is 0.419 e. The maximum absolute atomic E-state index is 12.8. The highest BCUT2D eigenvalue weighted by atomic mass is 32.2. The topological polar surface area (TPSA) is 141 Å². The Labute approximate surface area is 193 Å². The smallest absolute Gasteiger partial charge is 0.419 e. The SMILES string of the molecule is COC(=O)c1sc(NC(=O)CCn2c(=O)oc3cc(S(=O)(=O)N4CCCC4)ccc32)nc1C. The van der Waals surface area contributed by atoms with Crippen LogP contribution in [-0.4, -0.2) is 54.3 Å². The quantitative estimate of drug-likeness (QED) is 0.492. The molecule has 33 heavy (non-hydrogen) atoms. The molecule has 3 heterocycles. The molecule has 0 radical (unpaired) electrons. The highest BCUT2D eigenvalue weighted by Crippen LogP contribution is 2.25. The van der Waals surface area contributed by atoms with Gasteiger partial charge in [-0.05, 0) is 31.9 Å². The molecule has 1 fully saturated rings. The van der Waals surface area contributed by atoms with Crippen LogP contribution in [0.2, 0.25) is 0 Å². The molecule has 0 saturated carbocycles. The fourth-order valence-electron chi connectivity index (χ4n) is 3.62. The number of rotatable bonds is 7. The summed E-state index contributed by atoms with van der Waals surface area (Å²) in [6.07, 6.45) is 1.58. The Balaban J connectivity index is 1.48. The summed E-state index contributed by atoms with van der Waals surface area (Å²) in [5.41, 5.74) is 0.976. The lowest BCUT2D eigenvalue weighted by molar-refractivity contribution is -0.116. The van der Waals surface area contributed by atoms with Crippen LogP contribution in [0.1, 0.15) is 34.6 Å². The van der Waals surface area contributed by atoms with Crippen molar-refractivity contribution in [1.82, 2.24) is 13.9 Å². The van der Waals surface area contributed by atoms with Crippen molar-refractivity contribution < 1.29 is 27.2 Å². The van der Waals surface area contributed by atoms with Gasteiger partial charge in [0.25, 0.3) is 0 Å². The third-order valence-corrected chi connectivity index (χ3v) is 8.27. The number of ether oxygens (including phenoxy) is 1. The fourth-order valence-corrected chi connectivity index (χ4v) is 6.06. The number of anilines is 1. The second kappa shape index (κ2) is 9.08. The van der Waals surface area contributed by atoms with Crippen molar-refractivity contribution >= 4 is 49.5 Å². The summed E-state index contributed by atoms with van der Waals surface area (Å²) >= 11 is 0.998. The fraction of sp³-hybridized carbons (Fsp3) is 0.400. The van der Waals surface area contributed by atoms with E-state index in [9.17, 15) is 22.8 Å². The molecule has 1 amide bonds. The molecule has 0 aliphatic carbocycles. The minimum absolute atomic E-state index is 0.0180. The monoisotopic (exact) mass is 494 g/mol. The molecule has 1 saturated heterocycles. The number of aryl methyl sites for hydroxylation is 2. The van der Waals surface area contributed by atoms with Crippen molar-refractivity contribution in [3.63, 3.8) is 0 Å². The van der Waals surface area contributed by atoms with Gasteiger partial charge in [-0.2, -0.15) is 4.31 Å². The van der Waals surface area contributed by atoms with E-state index in [0.29, 0.717) is 29.2 Å². The zero-order valence-corrected chi connectivity index (χ0v) is 19.6. The number of aromatic nitrogens is 2. The van der Waals surface area contributed by atoms with Crippen LogP contribution in [0.15, 0.2) is 32.3 Å². The van der Waals surface area contributed by atoms with Crippen LogP contribution in [0.5, 0.6) is 0 Å². The molecule has 0 unspecified atom stereocenters. The van der Waals surface area contributed by atoms with E-state index in [1.54, 1.807) is 6.92 Å². The zero-order chi connectivity index (χ0) is 23.8. The van der Waals surface area contributed by atoms with Gasteiger partial charge in [0.2, 0.25) is 15.9 Å². The summed E-state index contributed by atoms with van der Waals surface area (Å²) in [4.78, 5) is 40.9. The van der Waals surface area contributed by atoms with Gasteiger partial charge in [-0.3, -0.25) is 9.36 Å². The number of nitrogens with one attached hydrogen (secondary N) is 1. The van der Waals surface area contributed by atoms with Gasteiger partial charge in [0, 0.05) is 32.1 Å². The number of amides is 1. The molecule has 1 aromatic carbocycles. The molecule has 1 aliphatic heterocycles. The molecule has 0 atom stereocenters. The molecule has 0 bridgehead atoms. The first-order valence-electron chi connectivity index (χ1n) is 10.2. The van der Waals surface area contributed by atoms with Crippen LogP contribution in [0, 0.1) is 6.92 Å². The van der Waals surface area contributed by atoms with Crippen molar-refractivity contribution in [3.8, 4) is 0 Å². The Morgan fingerprint density at radius 1 is 1.27 bits per heavy atom. The number of hydrogen-bond donors (Lipinski definition) is 1. The highest BCUT2D eigenvalue weighted by Gasteiger charge is 2.28. The number of sulfonamides is 1. The zero-order valence-electron chi connectivity index (χ0n) is 18.0. The Morgan fingerprint density at radius 3 is 2.70 bits per heavy atom. The number of methoxy groups -OCH3 is 1. The van der Waals surface area contributed by atoms with Crippen LogP contribution in [-0.2, 0) is 26.1 Å². The first kappa shape index (κ1) is 23.1. The van der Waals surface area contributed by atoms with Crippen molar-refractivity contribution in [2.24, 2.45) is 0 Å². The Hall–Kier alpha value is -3.03. The summed E-state index contributed by atoms with van der Waals surface area (Å²) in [7, 11) is -2.38. The van der Waals surface area contributed by atoms with E-state index in [2.05, 4.69) is 15.0 Å². The number of fused-ring (bicyclic) bond motifs is 1. The predicted molar refractivity (Wildman–Crippen MR) is 120 cm³/mol. The van der Waals surface area contributed by atoms with Gasteiger partial charge >= 0.3 is 11.7 Å². The van der Waals surface area contributed by atoms with Crippen molar-refractivity contribution in [3.05, 3.63) is 39.3 Å². The largest absolute Gasteiger partial charge is 0.465 e. The summed E-state index contributed by atoms with van der Waals surface area (Å²) in [6, 6.07) is 4.29. The van der Waals surface area contributed by atoms with Gasteiger partial charge in [0.05, 0.1) is 23.2 Å². The van der Waals surface area contributed by atoms with Gasteiger partial charge < -0.3 is 14.5 Å². The maximum atomic E-state index is 12.8. The van der Waals surface area contributed by atoms with Gasteiger partial charge in [0.15, 0.2) is 10.7 Å². The lowest BCUT2D eigenvalue weighted by atomic mass is 10.3. The van der Waals surface area contributed by atoms with E-state index in [-0.39, 0.29) is 28.6 Å². The minimum atomic E-state index is -3.64. The van der Waals surface area contributed by atoms with Gasteiger partial charge in [-0.15, -0.1) is 0 Å². The molecule has 0 spiro atoms. The lowest BCUT2D eigenvalue weighted by Gasteiger charge is -2.15. The molecule has 13 heteroatoms. The lowest BCUT2D eigenvalue weighted by Crippen LogP contribution is -2.27. The van der Waals surface area contributed by atoms with E-state index in [4.69, 9.17) is 4.42 Å². The Morgan fingerprint density at radius 2 is 2.00 bits per heavy atom. The number of carbonyl (C=O) groups is 2. The van der Waals surface area contributed by atoms with Crippen molar-refractivity contribution in [2.45, 2.75) is 37.6 Å². The van der Waals surface area contributed by atoms with Crippen molar-refractivity contribution in [2.75, 3.05) is 25.5 Å². The summed E-state index contributed by atoms with van der Waals surface area (Å²) in [6.45, 7) is 2.60. The third-order valence-electron chi connectivity index (χ3n) is 5.32. The molecule has 1 N–H and O–H groups in total. The average molecular weight is 495 g/mol. The van der Waals surface area contributed by atoms with Gasteiger partial charge in [-0.1, -0.05) is 11.3 Å². The third kappa shape index (κ3) is 4.56. The number of benzene rings is 1. The molecule has 2 aromatic heterocycles. The first-order valence-corrected chi connectivity index (χ1v) is 12.5. The van der Waals surface area contributed by atoms with Crippen LogP contribution in [0.4, 0.5) is 5.13 Å². The Bertz CT molecular complexity index is 1380. The number of esters is 1. The number of carbonyl (C=O) groups excluding carboxylic acids is 2. The van der Waals surface area contributed by atoms with E-state index in [0.717, 1.165) is 24.2 Å². The molecule has 4 rings (SSSR count). The average Bonchev–Trinajstić information content (AvgIpc) is 3.50. The molecular weight excluding hydrogens is 472 g/mol. The molecular formula is C20H22N4O7S2. The standard InChI is InChI=1S/C20H22N4O7S2/c1-12-17(18(26)30-2)32-19(21-12)22-16(25)7-10-24-14-6-5-13(11-15(14)31-20(24)27)33(28,29)23-8-3-4-9-23/h5-6,11H,3-4,7-10H2,1-2H3,(H,21,22,25). The minimum Gasteiger partial charge on any atom is -0.465 e. The van der Waals surface area contributed by atoms with Crippen LogP contribution in [0.3, 0.4) is 0 Å². The van der Waals surface area contributed by atoms with Crippen LogP contribution in [0.25, 0.3) is 11.1 Å². The Kier molecular flexibility index (Phi) is 6.36. The summed E-state index contributed by atoms with van der Waals surface area (Å²) in [5.74, 6) is -1.63. The van der Waals surface area contributed by atoms with E-state index < -0.39 is 27.7 Å². The van der Waals surface area contributed by atoms with E-state index in [1.165, 1.54) is 34.2 Å². The molecule has 11 nitrogen and oxygen atoms in total. The molecule has 3 aromatic rings. The van der Waals surface area contributed by atoms with E-state index in [1.807, 2.05) is 0 Å². The van der Waals surface area contributed by atoms with Crippen LogP contribution >= 0.6 is 11.3 Å². The molecule has 176 valence electrons. The second-order valence-corrected chi connectivity index (χ2v) is 10.4. The highest BCUT2D eigenvalue weighted by molar-refractivity contribution is 7.89. The van der Waals surface area contributed by atoms with E-state index >= 15 is 0 Å². The van der Waals surface area contributed by atoms with Gasteiger partial charge in [0.1, 0.15) is 4.88 Å². The van der Waals surface area contributed by atoms with Crippen molar-refractivity contribution in [1.29, 1.82) is 0 Å². The normalized spacial score (nSPS) is 14.6. The summed E-state index contributed by atoms with van der Waals surface area (Å²) < 4.78 is 38.1.